The summed E-state index contributed by atoms with van der Waals surface area (Å²) in [7, 11) is 0. The maximum absolute atomic E-state index is 12.6. The number of aromatic nitrogens is 1. The lowest BCUT2D eigenvalue weighted by Crippen LogP contribution is -2.44. The van der Waals surface area contributed by atoms with Crippen molar-refractivity contribution in [3.05, 3.63) is 65.3 Å². The van der Waals surface area contributed by atoms with Gasteiger partial charge in [0.05, 0.1) is 5.52 Å². The monoisotopic (exact) mass is 422 g/mol. The molecule has 6 nitrogen and oxygen atoms in total. The van der Waals surface area contributed by atoms with Crippen LogP contribution in [0.1, 0.15) is 30.1 Å². The van der Waals surface area contributed by atoms with Crippen molar-refractivity contribution in [2.45, 2.75) is 25.8 Å². The maximum Gasteiger partial charge on any atom is 0.251 e. The molecule has 2 N–H and O–H groups in total. The number of carbonyl (C=O) groups excluding carboxylic acids is 2. The van der Waals surface area contributed by atoms with E-state index >= 15 is 0 Å². The van der Waals surface area contributed by atoms with Gasteiger partial charge in [0.2, 0.25) is 5.91 Å². The van der Waals surface area contributed by atoms with Crippen molar-refractivity contribution in [2.75, 3.05) is 23.3 Å². The van der Waals surface area contributed by atoms with Crippen LogP contribution in [0.25, 0.3) is 10.9 Å². The van der Waals surface area contributed by atoms with Crippen LogP contribution in [0.4, 0.5) is 11.4 Å². The van der Waals surface area contributed by atoms with Crippen LogP contribution in [-0.4, -0.2) is 35.9 Å². The molecule has 0 atom stereocenters. The Morgan fingerprint density at radius 2 is 1.80 bits per heavy atom. The fourth-order valence-electron chi connectivity index (χ4n) is 3.82. The van der Waals surface area contributed by atoms with Crippen molar-refractivity contribution in [3.63, 3.8) is 0 Å². The van der Waals surface area contributed by atoms with Crippen LogP contribution in [0.2, 0.25) is 5.02 Å². The molecule has 1 fully saturated rings. The Bertz CT molecular complexity index is 1080. The minimum absolute atomic E-state index is 0.0909. The molecular formula is C23H23ClN4O2. The lowest BCUT2D eigenvalue weighted by molar-refractivity contribution is -0.114. The van der Waals surface area contributed by atoms with Crippen LogP contribution in [-0.2, 0) is 4.79 Å². The number of rotatable bonds is 4. The van der Waals surface area contributed by atoms with E-state index in [4.69, 9.17) is 11.6 Å². The molecule has 7 heteroatoms. The summed E-state index contributed by atoms with van der Waals surface area (Å²) < 4.78 is 0. The van der Waals surface area contributed by atoms with Crippen LogP contribution in [0.15, 0.2) is 54.7 Å². The van der Waals surface area contributed by atoms with Gasteiger partial charge >= 0.3 is 0 Å². The van der Waals surface area contributed by atoms with Crippen LogP contribution in [0.3, 0.4) is 0 Å². The van der Waals surface area contributed by atoms with E-state index in [1.165, 1.54) is 6.92 Å². The number of amides is 2. The molecule has 1 saturated heterocycles. The quantitative estimate of drug-likeness (QED) is 0.659. The van der Waals surface area contributed by atoms with Crippen LogP contribution in [0.5, 0.6) is 0 Å². The standard InChI is InChI=1S/C23H23ClN4O2/c1-15(29)26-18-5-2-16(3-6-18)23(30)27-19-9-12-28(13-10-19)22-8-11-25-21-14-17(24)4-7-20(21)22/h2-8,11,14,19H,9-10,12-13H2,1H3,(H,26,29)(H,27,30). The fraction of sp³-hybridized carbons (Fsp3) is 0.261. The average Bonchev–Trinajstić information content (AvgIpc) is 2.74. The molecule has 3 aromatic rings. The average molecular weight is 423 g/mol. The van der Waals surface area contributed by atoms with Gasteiger partial charge in [0.1, 0.15) is 0 Å². The topological polar surface area (TPSA) is 74.3 Å². The lowest BCUT2D eigenvalue weighted by Gasteiger charge is -2.34. The van der Waals surface area contributed by atoms with Crippen molar-refractivity contribution in [2.24, 2.45) is 0 Å². The number of pyridine rings is 1. The van der Waals surface area contributed by atoms with E-state index in [9.17, 15) is 9.59 Å². The van der Waals surface area contributed by atoms with Gasteiger partial charge in [-0.15, -0.1) is 0 Å². The van der Waals surface area contributed by atoms with Gasteiger partial charge < -0.3 is 15.5 Å². The lowest BCUT2D eigenvalue weighted by atomic mass is 10.0. The predicted octanol–water partition coefficient (Wildman–Crippen LogP) is 4.25. The van der Waals surface area contributed by atoms with Gasteiger partial charge in [-0.05, 0) is 61.4 Å². The molecule has 0 bridgehead atoms. The van der Waals surface area contributed by atoms with Gasteiger partial charge in [0.15, 0.2) is 0 Å². The zero-order chi connectivity index (χ0) is 21.1. The molecule has 2 aromatic carbocycles. The summed E-state index contributed by atoms with van der Waals surface area (Å²) in [5.74, 6) is -0.226. The first-order chi connectivity index (χ1) is 14.5. The number of nitrogens with zero attached hydrogens (tertiary/aromatic N) is 2. The van der Waals surface area contributed by atoms with E-state index in [1.54, 1.807) is 24.3 Å². The highest BCUT2D eigenvalue weighted by Gasteiger charge is 2.22. The van der Waals surface area contributed by atoms with E-state index in [0.29, 0.717) is 16.3 Å². The van der Waals surface area contributed by atoms with Crippen molar-refractivity contribution in [1.82, 2.24) is 10.3 Å². The van der Waals surface area contributed by atoms with E-state index in [0.717, 1.165) is 42.5 Å². The summed E-state index contributed by atoms with van der Waals surface area (Å²) in [6, 6.07) is 14.9. The third kappa shape index (κ3) is 4.54. The summed E-state index contributed by atoms with van der Waals surface area (Å²) in [5, 5.41) is 7.60. The van der Waals surface area contributed by atoms with Gasteiger partial charge in [-0.25, -0.2) is 0 Å². The SMILES string of the molecule is CC(=O)Nc1ccc(C(=O)NC2CCN(c3ccnc4cc(Cl)ccc34)CC2)cc1. The van der Waals surface area contributed by atoms with Crippen LogP contribution >= 0.6 is 11.6 Å². The Morgan fingerprint density at radius 1 is 1.07 bits per heavy atom. The summed E-state index contributed by atoms with van der Waals surface area (Å²) in [5.41, 5.74) is 3.30. The first-order valence-electron chi connectivity index (χ1n) is 9.97. The number of halogens is 1. The third-order valence-electron chi connectivity index (χ3n) is 5.32. The van der Waals surface area contributed by atoms with Gasteiger partial charge in [-0.2, -0.15) is 0 Å². The molecule has 0 aliphatic carbocycles. The molecular weight excluding hydrogens is 400 g/mol. The van der Waals surface area contributed by atoms with E-state index in [1.807, 2.05) is 30.5 Å². The van der Waals surface area contributed by atoms with E-state index in [-0.39, 0.29) is 17.9 Å². The van der Waals surface area contributed by atoms with Gasteiger partial charge in [-0.1, -0.05) is 11.6 Å². The molecule has 2 heterocycles. The second kappa shape index (κ2) is 8.71. The fourth-order valence-corrected chi connectivity index (χ4v) is 3.99. The van der Waals surface area contributed by atoms with Crippen LogP contribution < -0.4 is 15.5 Å². The largest absolute Gasteiger partial charge is 0.371 e. The van der Waals surface area contributed by atoms with Crippen molar-refractivity contribution >= 4 is 45.7 Å². The van der Waals surface area contributed by atoms with Gasteiger partial charge in [-0.3, -0.25) is 14.6 Å². The number of nitrogens with one attached hydrogen (secondary N) is 2. The Kier molecular flexibility index (Phi) is 5.86. The summed E-state index contributed by atoms with van der Waals surface area (Å²) in [6.07, 6.45) is 3.55. The van der Waals surface area contributed by atoms with Crippen molar-refractivity contribution in [1.29, 1.82) is 0 Å². The second-order valence-corrected chi connectivity index (χ2v) is 7.92. The number of benzene rings is 2. The summed E-state index contributed by atoms with van der Waals surface area (Å²) >= 11 is 6.09. The van der Waals surface area contributed by atoms with E-state index in [2.05, 4.69) is 20.5 Å². The molecule has 1 aliphatic rings. The van der Waals surface area contributed by atoms with Gasteiger partial charge in [0, 0.05) is 59.6 Å². The number of piperidine rings is 1. The van der Waals surface area contributed by atoms with E-state index < -0.39 is 0 Å². The summed E-state index contributed by atoms with van der Waals surface area (Å²) in [6.45, 7) is 3.17. The molecule has 1 aliphatic heterocycles. The first kappa shape index (κ1) is 20.2. The Hall–Kier alpha value is -3.12. The molecule has 30 heavy (non-hydrogen) atoms. The predicted molar refractivity (Wildman–Crippen MR) is 120 cm³/mol. The van der Waals surface area contributed by atoms with Crippen molar-refractivity contribution in [3.8, 4) is 0 Å². The smallest absolute Gasteiger partial charge is 0.251 e. The number of hydrogen-bond acceptors (Lipinski definition) is 4. The zero-order valence-corrected chi connectivity index (χ0v) is 17.4. The number of fused-ring (bicyclic) bond motifs is 1. The molecule has 0 saturated carbocycles. The first-order valence-corrected chi connectivity index (χ1v) is 10.3. The molecule has 0 unspecified atom stereocenters. The highest BCUT2D eigenvalue weighted by Crippen LogP contribution is 2.29. The maximum atomic E-state index is 12.6. The molecule has 154 valence electrons. The minimum atomic E-state index is -0.135. The minimum Gasteiger partial charge on any atom is -0.371 e. The number of hydrogen-bond donors (Lipinski definition) is 2. The van der Waals surface area contributed by atoms with Crippen LogP contribution in [0, 0.1) is 0 Å². The zero-order valence-electron chi connectivity index (χ0n) is 16.7. The Morgan fingerprint density at radius 3 is 2.50 bits per heavy atom. The molecule has 4 rings (SSSR count). The second-order valence-electron chi connectivity index (χ2n) is 7.48. The van der Waals surface area contributed by atoms with Gasteiger partial charge in [0.25, 0.3) is 5.91 Å². The molecule has 0 spiro atoms. The molecule has 2 amide bonds. The third-order valence-corrected chi connectivity index (χ3v) is 5.56. The Balaban J connectivity index is 1.37. The number of anilines is 2. The summed E-state index contributed by atoms with van der Waals surface area (Å²) in [4.78, 5) is 30.4. The number of carbonyl (C=O) groups is 2. The normalized spacial score (nSPS) is 14.5. The highest BCUT2D eigenvalue weighted by molar-refractivity contribution is 6.31. The Labute approximate surface area is 180 Å². The highest BCUT2D eigenvalue weighted by atomic mass is 35.5. The molecule has 0 radical (unpaired) electrons. The molecule has 1 aromatic heterocycles. The van der Waals surface area contributed by atoms with Crippen molar-refractivity contribution < 1.29 is 9.59 Å².